The molecule has 1 rings (SSSR count). The van der Waals surface area contributed by atoms with Crippen LogP contribution >= 0.6 is 15.9 Å². The predicted octanol–water partition coefficient (Wildman–Crippen LogP) is 0.147. The average molecular weight is 305 g/mol. The maximum Gasteiger partial charge on any atom is 0.283 e. The first kappa shape index (κ1) is 14.1. The molecule has 0 bridgehead atoms. The summed E-state index contributed by atoms with van der Waals surface area (Å²) < 4.78 is 1.61. The number of anilines is 1. The van der Waals surface area contributed by atoms with Gasteiger partial charge in [0, 0.05) is 12.6 Å². The monoisotopic (exact) mass is 304 g/mol. The SMILES string of the molecule is CCC(N)CNc1cnn(CCO)c(=O)c1Br. The summed E-state index contributed by atoms with van der Waals surface area (Å²) >= 11 is 3.21. The lowest BCUT2D eigenvalue weighted by Gasteiger charge is -2.13. The molecule has 1 unspecified atom stereocenters. The Morgan fingerprint density at radius 3 is 3.00 bits per heavy atom. The number of nitrogens with one attached hydrogen (secondary N) is 1. The van der Waals surface area contributed by atoms with Crippen LogP contribution in [-0.2, 0) is 6.54 Å². The van der Waals surface area contributed by atoms with E-state index in [0.29, 0.717) is 16.7 Å². The number of hydrogen-bond donors (Lipinski definition) is 3. The van der Waals surface area contributed by atoms with Crippen molar-refractivity contribution in [2.75, 3.05) is 18.5 Å². The second-order valence-electron chi connectivity index (χ2n) is 3.67. The molecule has 7 heteroatoms. The van der Waals surface area contributed by atoms with Gasteiger partial charge < -0.3 is 16.2 Å². The van der Waals surface area contributed by atoms with Crippen LogP contribution in [0.2, 0.25) is 0 Å². The smallest absolute Gasteiger partial charge is 0.283 e. The lowest BCUT2D eigenvalue weighted by atomic mass is 10.2. The Morgan fingerprint density at radius 1 is 1.71 bits per heavy atom. The molecule has 0 aromatic carbocycles. The highest BCUT2D eigenvalue weighted by atomic mass is 79.9. The van der Waals surface area contributed by atoms with Gasteiger partial charge in [0.05, 0.1) is 25.0 Å². The fourth-order valence-corrected chi connectivity index (χ4v) is 1.67. The van der Waals surface area contributed by atoms with Crippen LogP contribution in [0.1, 0.15) is 13.3 Å². The van der Waals surface area contributed by atoms with Crippen LogP contribution in [-0.4, -0.2) is 34.1 Å². The van der Waals surface area contributed by atoms with Gasteiger partial charge in [0.1, 0.15) is 4.47 Å². The molecule has 96 valence electrons. The van der Waals surface area contributed by atoms with E-state index in [2.05, 4.69) is 26.3 Å². The van der Waals surface area contributed by atoms with E-state index in [9.17, 15) is 4.79 Å². The number of aromatic nitrogens is 2. The fraction of sp³-hybridized carbons (Fsp3) is 0.600. The van der Waals surface area contributed by atoms with Crippen molar-refractivity contribution in [2.45, 2.75) is 25.9 Å². The van der Waals surface area contributed by atoms with E-state index in [-0.39, 0.29) is 24.8 Å². The molecule has 0 spiro atoms. The van der Waals surface area contributed by atoms with Crippen LogP contribution in [0.5, 0.6) is 0 Å². The molecule has 0 aliphatic carbocycles. The van der Waals surface area contributed by atoms with E-state index in [0.717, 1.165) is 6.42 Å². The van der Waals surface area contributed by atoms with Crippen LogP contribution in [0, 0.1) is 0 Å². The summed E-state index contributed by atoms with van der Waals surface area (Å²) in [6.45, 7) is 2.65. The zero-order valence-corrected chi connectivity index (χ0v) is 11.3. The van der Waals surface area contributed by atoms with Crippen molar-refractivity contribution in [3.63, 3.8) is 0 Å². The summed E-state index contributed by atoms with van der Waals surface area (Å²) in [6, 6.07) is 0.0433. The first-order valence-electron chi connectivity index (χ1n) is 5.46. The van der Waals surface area contributed by atoms with Crippen molar-refractivity contribution >= 4 is 21.6 Å². The van der Waals surface area contributed by atoms with Crippen molar-refractivity contribution in [2.24, 2.45) is 5.73 Å². The van der Waals surface area contributed by atoms with Crippen molar-refractivity contribution < 1.29 is 5.11 Å². The first-order chi connectivity index (χ1) is 8.10. The highest BCUT2D eigenvalue weighted by Crippen LogP contribution is 2.15. The summed E-state index contributed by atoms with van der Waals surface area (Å²) in [5, 5.41) is 15.8. The maximum atomic E-state index is 11.8. The Hall–Kier alpha value is -0.920. The molecule has 1 atom stereocenters. The predicted molar refractivity (Wildman–Crippen MR) is 70.0 cm³/mol. The van der Waals surface area contributed by atoms with E-state index in [1.165, 1.54) is 4.68 Å². The number of rotatable bonds is 6. The molecule has 0 fully saturated rings. The third kappa shape index (κ3) is 3.79. The van der Waals surface area contributed by atoms with Crippen LogP contribution < -0.4 is 16.6 Å². The minimum absolute atomic E-state index is 0.0433. The Balaban J connectivity index is 2.82. The topological polar surface area (TPSA) is 93.2 Å². The first-order valence-corrected chi connectivity index (χ1v) is 6.25. The van der Waals surface area contributed by atoms with Crippen molar-refractivity contribution in [1.82, 2.24) is 9.78 Å². The minimum Gasteiger partial charge on any atom is -0.394 e. The quantitative estimate of drug-likeness (QED) is 0.695. The van der Waals surface area contributed by atoms with E-state index in [1.54, 1.807) is 6.20 Å². The Kier molecular flexibility index (Phi) is 5.60. The molecule has 1 aromatic heterocycles. The summed E-state index contributed by atoms with van der Waals surface area (Å²) in [4.78, 5) is 11.8. The molecule has 6 nitrogen and oxygen atoms in total. The van der Waals surface area contributed by atoms with Crippen LogP contribution in [0.25, 0.3) is 0 Å². The van der Waals surface area contributed by atoms with Crippen molar-refractivity contribution in [3.05, 3.63) is 21.0 Å². The lowest BCUT2D eigenvalue weighted by Crippen LogP contribution is -2.30. The van der Waals surface area contributed by atoms with Gasteiger partial charge in [0.2, 0.25) is 0 Å². The largest absolute Gasteiger partial charge is 0.394 e. The highest BCUT2D eigenvalue weighted by molar-refractivity contribution is 9.10. The van der Waals surface area contributed by atoms with Gasteiger partial charge in [-0.2, -0.15) is 5.10 Å². The zero-order chi connectivity index (χ0) is 12.8. The number of halogens is 1. The molecule has 1 heterocycles. The standard InChI is InChI=1S/C10H17BrN4O2/c1-2-7(12)5-13-8-6-14-15(3-4-16)10(17)9(8)11/h6-7,13,16H,2-5,12H2,1H3. The van der Waals surface area contributed by atoms with Crippen molar-refractivity contribution in [3.8, 4) is 0 Å². The van der Waals surface area contributed by atoms with Gasteiger partial charge in [0.25, 0.3) is 5.56 Å². The van der Waals surface area contributed by atoms with Gasteiger partial charge in [-0.1, -0.05) is 6.92 Å². The molecular formula is C10H17BrN4O2. The highest BCUT2D eigenvalue weighted by Gasteiger charge is 2.09. The van der Waals surface area contributed by atoms with Crippen LogP contribution in [0.3, 0.4) is 0 Å². The van der Waals surface area contributed by atoms with Crippen molar-refractivity contribution in [1.29, 1.82) is 0 Å². The Bertz CT molecular complexity index is 421. The number of aliphatic hydroxyl groups excluding tert-OH is 1. The summed E-state index contributed by atoms with van der Waals surface area (Å²) in [5.41, 5.74) is 6.12. The molecule has 0 aliphatic rings. The number of nitrogens with zero attached hydrogens (tertiary/aromatic N) is 2. The van der Waals surface area contributed by atoms with Crippen LogP contribution in [0.4, 0.5) is 5.69 Å². The van der Waals surface area contributed by atoms with Gasteiger partial charge in [-0.05, 0) is 22.4 Å². The number of hydrogen-bond acceptors (Lipinski definition) is 5. The number of aliphatic hydroxyl groups is 1. The molecule has 0 radical (unpaired) electrons. The van der Waals surface area contributed by atoms with Gasteiger partial charge in [-0.25, -0.2) is 4.68 Å². The molecule has 17 heavy (non-hydrogen) atoms. The van der Waals surface area contributed by atoms with Crippen LogP contribution in [0.15, 0.2) is 15.5 Å². The molecule has 0 saturated heterocycles. The summed E-state index contributed by atoms with van der Waals surface area (Å²) in [6.07, 6.45) is 2.41. The Labute approximate surface area is 108 Å². The normalized spacial score (nSPS) is 12.5. The zero-order valence-electron chi connectivity index (χ0n) is 9.69. The van der Waals surface area contributed by atoms with Gasteiger partial charge in [0.15, 0.2) is 0 Å². The molecule has 0 aliphatic heterocycles. The van der Waals surface area contributed by atoms with Gasteiger partial charge >= 0.3 is 0 Å². The molecule has 1 aromatic rings. The number of nitrogens with two attached hydrogens (primary N) is 1. The average Bonchev–Trinajstić information content (AvgIpc) is 2.34. The molecule has 4 N–H and O–H groups in total. The van der Waals surface area contributed by atoms with E-state index < -0.39 is 0 Å². The minimum atomic E-state index is -0.269. The molecule has 0 saturated carbocycles. The molecular weight excluding hydrogens is 288 g/mol. The van der Waals surface area contributed by atoms with E-state index >= 15 is 0 Å². The second-order valence-corrected chi connectivity index (χ2v) is 4.47. The summed E-state index contributed by atoms with van der Waals surface area (Å²) in [7, 11) is 0. The third-order valence-corrected chi connectivity index (χ3v) is 3.14. The third-order valence-electron chi connectivity index (χ3n) is 2.38. The lowest BCUT2D eigenvalue weighted by molar-refractivity contribution is 0.266. The second kappa shape index (κ2) is 6.73. The fourth-order valence-electron chi connectivity index (χ4n) is 1.23. The van der Waals surface area contributed by atoms with Gasteiger partial charge in [-0.3, -0.25) is 4.79 Å². The van der Waals surface area contributed by atoms with Gasteiger partial charge in [-0.15, -0.1) is 0 Å². The van der Waals surface area contributed by atoms with E-state index in [4.69, 9.17) is 10.8 Å². The molecule has 0 amide bonds. The maximum absolute atomic E-state index is 11.8. The summed E-state index contributed by atoms with van der Waals surface area (Å²) in [5.74, 6) is 0. The van der Waals surface area contributed by atoms with E-state index in [1.807, 2.05) is 6.92 Å². The Morgan fingerprint density at radius 2 is 2.41 bits per heavy atom.